The molecule has 1 atom stereocenters. The van der Waals surface area contributed by atoms with Crippen molar-refractivity contribution in [3.8, 4) is 0 Å². The Morgan fingerprint density at radius 2 is 1.50 bits per heavy atom. The quantitative estimate of drug-likeness (QED) is 0.498. The molecule has 0 aromatic rings. The summed E-state index contributed by atoms with van der Waals surface area (Å²) in [5.74, 6) is 7.39. The number of hydrogen-bond acceptors (Lipinski definition) is 2. The highest BCUT2D eigenvalue weighted by molar-refractivity contribution is 4.90. The lowest BCUT2D eigenvalue weighted by Crippen LogP contribution is -2.43. The zero-order valence-corrected chi connectivity index (χ0v) is 7.76. The predicted molar refractivity (Wildman–Crippen MR) is 50.4 cm³/mol. The number of nitrogens with two attached hydrogens (primary N) is 1. The topological polar surface area (TPSA) is 38.0 Å². The standard InChI is InChI=1S/C10H20N2/c11-12-10(9-6-7-9)8-4-2-1-3-5-8/h8-10,12H,1-7,11H2. The van der Waals surface area contributed by atoms with Crippen molar-refractivity contribution in [2.75, 3.05) is 0 Å². The van der Waals surface area contributed by atoms with Gasteiger partial charge in [-0.3, -0.25) is 11.3 Å². The fourth-order valence-electron chi connectivity index (χ4n) is 2.61. The summed E-state index contributed by atoms with van der Waals surface area (Å²) in [5, 5.41) is 0. The molecule has 0 aliphatic heterocycles. The van der Waals surface area contributed by atoms with Crippen LogP contribution >= 0.6 is 0 Å². The van der Waals surface area contributed by atoms with Crippen molar-refractivity contribution in [2.24, 2.45) is 17.7 Å². The summed E-state index contributed by atoms with van der Waals surface area (Å²) >= 11 is 0. The lowest BCUT2D eigenvalue weighted by Gasteiger charge is -2.29. The summed E-state index contributed by atoms with van der Waals surface area (Å²) in [5.41, 5.74) is 3.03. The predicted octanol–water partition coefficient (Wildman–Crippen LogP) is 1.81. The minimum Gasteiger partial charge on any atom is -0.271 e. The van der Waals surface area contributed by atoms with E-state index in [-0.39, 0.29) is 0 Å². The highest BCUT2D eigenvalue weighted by Crippen LogP contribution is 2.39. The maximum absolute atomic E-state index is 5.59. The summed E-state index contributed by atoms with van der Waals surface area (Å²) in [4.78, 5) is 0. The number of hydrogen-bond donors (Lipinski definition) is 2. The lowest BCUT2D eigenvalue weighted by atomic mass is 9.82. The summed E-state index contributed by atoms with van der Waals surface area (Å²) in [6, 6.07) is 0.644. The molecule has 0 heterocycles. The molecule has 2 heteroatoms. The third-order valence-corrected chi connectivity index (χ3v) is 3.48. The van der Waals surface area contributed by atoms with Gasteiger partial charge in [0.25, 0.3) is 0 Å². The second kappa shape index (κ2) is 3.75. The molecule has 2 aliphatic carbocycles. The van der Waals surface area contributed by atoms with Crippen molar-refractivity contribution in [1.29, 1.82) is 0 Å². The average molecular weight is 168 g/mol. The fraction of sp³-hybridized carbons (Fsp3) is 1.00. The summed E-state index contributed by atoms with van der Waals surface area (Å²) in [6.07, 6.45) is 9.93. The first kappa shape index (κ1) is 8.52. The molecule has 0 spiro atoms. The van der Waals surface area contributed by atoms with E-state index in [9.17, 15) is 0 Å². The highest BCUT2D eigenvalue weighted by atomic mass is 15.2. The van der Waals surface area contributed by atoms with Crippen LogP contribution in [0.2, 0.25) is 0 Å². The van der Waals surface area contributed by atoms with E-state index in [0.717, 1.165) is 11.8 Å². The first-order valence-corrected chi connectivity index (χ1v) is 5.38. The maximum Gasteiger partial charge on any atom is 0.0266 e. The Morgan fingerprint density at radius 1 is 0.917 bits per heavy atom. The number of nitrogens with one attached hydrogen (secondary N) is 1. The van der Waals surface area contributed by atoms with Gasteiger partial charge < -0.3 is 0 Å². The van der Waals surface area contributed by atoms with Crippen molar-refractivity contribution < 1.29 is 0 Å². The van der Waals surface area contributed by atoms with Gasteiger partial charge in [-0.15, -0.1) is 0 Å². The Hall–Kier alpha value is -0.0800. The Labute approximate surface area is 74.9 Å². The third kappa shape index (κ3) is 1.80. The van der Waals surface area contributed by atoms with Gasteiger partial charge in [0.2, 0.25) is 0 Å². The van der Waals surface area contributed by atoms with Gasteiger partial charge in [-0.1, -0.05) is 19.3 Å². The van der Waals surface area contributed by atoms with E-state index >= 15 is 0 Å². The van der Waals surface area contributed by atoms with Gasteiger partial charge in [-0.25, -0.2) is 0 Å². The van der Waals surface area contributed by atoms with Crippen LogP contribution in [-0.4, -0.2) is 6.04 Å². The first-order chi connectivity index (χ1) is 5.92. The SMILES string of the molecule is NNC(C1CCCCC1)C1CC1. The third-order valence-electron chi connectivity index (χ3n) is 3.48. The van der Waals surface area contributed by atoms with Crippen LogP contribution in [-0.2, 0) is 0 Å². The van der Waals surface area contributed by atoms with Crippen molar-refractivity contribution in [3.63, 3.8) is 0 Å². The average Bonchev–Trinajstić information content (AvgIpc) is 2.92. The fourth-order valence-corrected chi connectivity index (χ4v) is 2.61. The van der Waals surface area contributed by atoms with Crippen LogP contribution < -0.4 is 11.3 Å². The maximum atomic E-state index is 5.59. The van der Waals surface area contributed by atoms with E-state index in [1.54, 1.807) is 0 Å². The van der Waals surface area contributed by atoms with Crippen molar-refractivity contribution >= 4 is 0 Å². The Kier molecular flexibility index (Phi) is 2.66. The monoisotopic (exact) mass is 168 g/mol. The zero-order chi connectivity index (χ0) is 8.39. The normalized spacial score (nSPS) is 28.8. The van der Waals surface area contributed by atoms with Gasteiger partial charge in [-0.2, -0.15) is 0 Å². The molecule has 0 radical (unpaired) electrons. The molecule has 1 unspecified atom stereocenters. The Bertz CT molecular complexity index is 137. The molecule has 0 bridgehead atoms. The molecule has 2 aliphatic rings. The minimum atomic E-state index is 0.644. The van der Waals surface area contributed by atoms with E-state index in [1.165, 1.54) is 44.9 Å². The van der Waals surface area contributed by atoms with E-state index < -0.39 is 0 Å². The molecule has 3 N–H and O–H groups in total. The molecule has 70 valence electrons. The molecular formula is C10H20N2. The Balaban J connectivity index is 1.85. The molecule has 0 aromatic heterocycles. The molecule has 12 heavy (non-hydrogen) atoms. The molecule has 0 amide bonds. The van der Waals surface area contributed by atoms with E-state index in [4.69, 9.17) is 5.84 Å². The Morgan fingerprint density at radius 3 is 2.00 bits per heavy atom. The van der Waals surface area contributed by atoms with Crippen LogP contribution in [0.4, 0.5) is 0 Å². The van der Waals surface area contributed by atoms with Gasteiger partial charge in [0.1, 0.15) is 0 Å². The summed E-state index contributed by atoms with van der Waals surface area (Å²) in [6.45, 7) is 0. The van der Waals surface area contributed by atoms with Gasteiger partial charge in [0, 0.05) is 6.04 Å². The first-order valence-electron chi connectivity index (χ1n) is 5.38. The van der Waals surface area contributed by atoms with Gasteiger partial charge >= 0.3 is 0 Å². The van der Waals surface area contributed by atoms with Gasteiger partial charge in [0.05, 0.1) is 0 Å². The molecule has 0 aromatic carbocycles. The summed E-state index contributed by atoms with van der Waals surface area (Å²) in [7, 11) is 0. The van der Waals surface area contributed by atoms with Crippen LogP contribution in [0.5, 0.6) is 0 Å². The van der Waals surface area contributed by atoms with Crippen LogP contribution in [0.3, 0.4) is 0 Å². The minimum absolute atomic E-state index is 0.644. The van der Waals surface area contributed by atoms with Gasteiger partial charge in [-0.05, 0) is 37.5 Å². The molecule has 2 fully saturated rings. The van der Waals surface area contributed by atoms with Crippen LogP contribution in [0.25, 0.3) is 0 Å². The number of hydrazine groups is 1. The second-order valence-electron chi connectivity index (χ2n) is 4.43. The number of rotatable bonds is 3. The van der Waals surface area contributed by atoms with E-state index in [2.05, 4.69) is 5.43 Å². The molecule has 0 saturated heterocycles. The van der Waals surface area contributed by atoms with Crippen molar-refractivity contribution in [3.05, 3.63) is 0 Å². The molecule has 2 saturated carbocycles. The smallest absolute Gasteiger partial charge is 0.0266 e. The zero-order valence-electron chi connectivity index (χ0n) is 7.76. The van der Waals surface area contributed by atoms with E-state index in [1.807, 2.05) is 0 Å². The molecule has 2 nitrogen and oxygen atoms in total. The molecule has 2 rings (SSSR count). The largest absolute Gasteiger partial charge is 0.271 e. The second-order valence-corrected chi connectivity index (χ2v) is 4.43. The van der Waals surface area contributed by atoms with Crippen LogP contribution in [0.1, 0.15) is 44.9 Å². The summed E-state index contributed by atoms with van der Waals surface area (Å²) < 4.78 is 0. The van der Waals surface area contributed by atoms with Crippen molar-refractivity contribution in [1.82, 2.24) is 5.43 Å². The van der Waals surface area contributed by atoms with Crippen molar-refractivity contribution in [2.45, 2.75) is 51.0 Å². The van der Waals surface area contributed by atoms with Crippen LogP contribution in [0.15, 0.2) is 0 Å². The van der Waals surface area contributed by atoms with Gasteiger partial charge in [0.15, 0.2) is 0 Å². The lowest BCUT2D eigenvalue weighted by molar-refractivity contribution is 0.249. The molecular weight excluding hydrogens is 148 g/mol. The van der Waals surface area contributed by atoms with E-state index in [0.29, 0.717) is 6.04 Å². The van der Waals surface area contributed by atoms with Crippen LogP contribution in [0, 0.1) is 11.8 Å². The highest BCUT2D eigenvalue weighted by Gasteiger charge is 2.35.